The molecule has 39 heavy (non-hydrogen) atoms. The van der Waals surface area contributed by atoms with Gasteiger partial charge < -0.3 is 19.6 Å². The van der Waals surface area contributed by atoms with Crippen molar-refractivity contribution in [2.75, 3.05) is 44.2 Å². The maximum absolute atomic E-state index is 12.4. The molecular weight excluding hydrogens is 500 g/mol. The van der Waals surface area contributed by atoms with Crippen LogP contribution >= 0.6 is 0 Å². The lowest BCUT2D eigenvalue weighted by Crippen LogP contribution is -2.53. The van der Waals surface area contributed by atoms with E-state index in [1.54, 1.807) is 9.58 Å². The minimum atomic E-state index is -0.791. The van der Waals surface area contributed by atoms with Crippen LogP contribution in [0.5, 0.6) is 0 Å². The number of aliphatic hydroxyl groups is 1. The number of anilines is 1. The number of hydrogen-bond acceptors (Lipinski definition) is 7. The van der Waals surface area contributed by atoms with E-state index in [9.17, 15) is 19.5 Å². The highest BCUT2D eigenvalue weighted by molar-refractivity contribution is 6.08. The van der Waals surface area contributed by atoms with E-state index in [1.165, 1.54) is 10.5 Å². The molecule has 4 amide bonds. The molecule has 0 spiro atoms. The molecule has 5 rings (SSSR count). The first kappa shape index (κ1) is 27.4. The number of rotatable bonds is 4. The van der Waals surface area contributed by atoms with Gasteiger partial charge in [-0.1, -0.05) is 6.07 Å². The number of amides is 4. The highest BCUT2D eigenvalue weighted by atomic mass is 16.6. The Labute approximate surface area is 229 Å². The lowest BCUT2D eigenvalue weighted by atomic mass is 9.86. The summed E-state index contributed by atoms with van der Waals surface area (Å²) in [5.41, 5.74) is 0.894. The van der Waals surface area contributed by atoms with Crippen molar-refractivity contribution in [3.8, 4) is 0 Å². The number of fused-ring (bicyclic) bond motifs is 1. The first-order valence-corrected chi connectivity index (χ1v) is 13.9. The lowest BCUT2D eigenvalue weighted by molar-refractivity contribution is -0.120. The largest absolute Gasteiger partial charge is 0.444 e. The molecule has 212 valence electrons. The predicted molar refractivity (Wildman–Crippen MR) is 147 cm³/mol. The van der Waals surface area contributed by atoms with Gasteiger partial charge in [-0.15, -0.1) is 0 Å². The summed E-state index contributed by atoms with van der Waals surface area (Å²) < 4.78 is 7.28. The zero-order chi connectivity index (χ0) is 27.9. The van der Waals surface area contributed by atoms with Crippen LogP contribution in [0.3, 0.4) is 0 Å². The summed E-state index contributed by atoms with van der Waals surface area (Å²) in [6.07, 6.45) is 3.04. The number of imide groups is 1. The van der Waals surface area contributed by atoms with Gasteiger partial charge in [-0.25, -0.2) is 9.59 Å². The Balaban J connectivity index is 1.17. The lowest BCUT2D eigenvalue weighted by Gasteiger charge is -2.42. The number of benzene rings is 1. The second-order valence-electron chi connectivity index (χ2n) is 12.2. The smallest absolute Gasteiger partial charge is 0.410 e. The highest BCUT2D eigenvalue weighted by Gasteiger charge is 2.37. The van der Waals surface area contributed by atoms with Gasteiger partial charge in [0, 0.05) is 45.0 Å². The fourth-order valence-electron chi connectivity index (χ4n) is 5.91. The second kappa shape index (κ2) is 10.4. The summed E-state index contributed by atoms with van der Waals surface area (Å²) in [5.74, 6) is 0.719. The van der Waals surface area contributed by atoms with Crippen LogP contribution in [0.2, 0.25) is 0 Å². The first-order chi connectivity index (χ1) is 18.4. The molecule has 0 unspecified atom stereocenters. The predicted octanol–water partition coefficient (Wildman–Crippen LogP) is 2.96. The molecule has 0 bridgehead atoms. The molecule has 1 aromatic heterocycles. The normalized spacial score (nSPS) is 21.4. The van der Waals surface area contributed by atoms with E-state index >= 15 is 0 Å². The summed E-state index contributed by atoms with van der Waals surface area (Å²) in [7, 11) is 1.88. The maximum Gasteiger partial charge on any atom is 0.410 e. The Morgan fingerprint density at radius 3 is 2.46 bits per heavy atom. The number of β-amino-alcohol motifs (C(OH)–C–C–N with tert-alkyl or cyclic N) is 1. The Morgan fingerprint density at radius 1 is 1.13 bits per heavy atom. The van der Waals surface area contributed by atoms with Gasteiger partial charge in [-0.3, -0.25) is 19.7 Å². The topological polar surface area (TPSA) is 120 Å². The van der Waals surface area contributed by atoms with Crippen LogP contribution in [0.15, 0.2) is 18.2 Å². The van der Waals surface area contributed by atoms with Gasteiger partial charge in [0.1, 0.15) is 5.60 Å². The summed E-state index contributed by atoms with van der Waals surface area (Å²) in [4.78, 5) is 41.9. The van der Waals surface area contributed by atoms with E-state index in [4.69, 9.17) is 4.74 Å². The molecule has 0 atom stereocenters. The number of aromatic nitrogens is 2. The molecule has 3 aliphatic rings. The Bertz CT molecular complexity index is 1250. The molecule has 11 nitrogen and oxygen atoms in total. The molecule has 0 radical (unpaired) electrons. The van der Waals surface area contributed by atoms with Gasteiger partial charge in [0.25, 0.3) is 0 Å². The van der Waals surface area contributed by atoms with Crippen LogP contribution in [-0.2, 0) is 16.6 Å². The highest BCUT2D eigenvalue weighted by Crippen LogP contribution is 2.34. The van der Waals surface area contributed by atoms with Crippen molar-refractivity contribution in [1.29, 1.82) is 0 Å². The standard InChI is InChI=1S/C28H40N6O5/c1-27(2,3)39-26(37)33-15-10-28(38,11-16-33)18-32-12-7-19(8-13-32)20-5-6-21-22(17-20)31(4)30-24(21)34-14-9-23(35)29-25(34)36/h5-6,17,19,38H,7-16,18H2,1-4H3,(H,29,35,36). The zero-order valence-electron chi connectivity index (χ0n) is 23.4. The van der Waals surface area contributed by atoms with Crippen LogP contribution in [0.25, 0.3) is 10.9 Å². The Kier molecular flexibility index (Phi) is 7.32. The molecule has 3 saturated heterocycles. The fourth-order valence-corrected chi connectivity index (χ4v) is 5.91. The van der Waals surface area contributed by atoms with Crippen LogP contribution in [-0.4, -0.2) is 93.2 Å². The number of nitrogens with one attached hydrogen (secondary N) is 1. The molecular formula is C28H40N6O5. The van der Waals surface area contributed by atoms with Crippen molar-refractivity contribution in [3.05, 3.63) is 23.8 Å². The van der Waals surface area contributed by atoms with Crippen molar-refractivity contribution < 1.29 is 24.2 Å². The van der Waals surface area contributed by atoms with Crippen molar-refractivity contribution in [2.24, 2.45) is 7.05 Å². The van der Waals surface area contributed by atoms with E-state index < -0.39 is 17.2 Å². The van der Waals surface area contributed by atoms with E-state index in [1.807, 2.05) is 33.9 Å². The third-order valence-electron chi connectivity index (χ3n) is 8.09. The van der Waals surface area contributed by atoms with Crippen molar-refractivity contribution in [3.63, 3.8) is 0 Å². The molecule has 4 heterocycles. The van der Waals surface area contributed by atoms with Gasteiger partial charge in [-0.2, -0.15) is 5.10 Å². The van der Waals surface area contributed by atoms with Gasteiger partial charge in [0.05, 0.1) is 11.1 Å². The Morgan fingerprint density at radius 2 is 1.82 bits per heavy atom. The fraction of sp³-hybridized carbons (Fsp3) is 0.643. The molecule has 11 heteroatoms. The number of carbonyl (C=O) groups excluding carboxylic acids is 3. The van der Waals surface area contributed by atoms with Gasteiger partial charge in [-0.05, 0) is 83.2 Å². The quantitative estimate of drug-likeness (QED) is 0.612. The van der Waals surface area contributed by atoms with Gasteiger partial charge in [0.2, 0.25) is 5.91 Å². The van der Waals surface area contributed by atoms with Gasteiger partial charge in [0.15, 0.2) is 5.82 Å². The molecule has 0 aliphatic carbocycles. The molecule has 3 aliphatic heterocycles. The second-order valence-corrected chi connectivity index (χ2v) is 12.2. The Hall–Kier alpha value is -3.18. The maximum atomic E-state index is 12.4. The van der Waals surface area contributed by atoms with Crippen molar-refractivity contribution >= 4 is 34.8 Å². The molecule has 1 aromatic carbocycles. The molecule has 3 fully saturated rings. The van der Waals surface area contributed by atoms with Crippen LogP contribution in [0.1, 0.15) is 64.4 Å². The zero-order valence-corrected chi connectivity index (χ0v) is 23.4. The van der Waals surface area contributed by atoms with E-state index in [-0.39, 0.29) is 18.4 Å². The first-order valence-electron chi connectivity index (χ1n) is 13.9. The minimum Gasteiger partial charge on any atom is -0.444 e. The minimum absolute atomic E-state index is 0.261. The number of piperidine rings is 2. The summed E-state index contributed by atoms with van der Waals surface area (Å²) in [5, 5.41) is 19.1. The number of hydrogen-bond donors (Lipinski definition) is 2. The average Bonchev–Trinajstić information content (AvgIpc) is 3.19. The summed E-state index contributed by atoms with van der Waals surface area (Å²) in [6, 6.07) is 5.89. The third-order valence-corrected chi connectivity index (χ3v) is 8.09. The number of urea groups is 1. The molecule has 2 N–H and O–H groups in total. The van der Waals surface area contributed by atoms with Crippen molar-refractivity contribution in [1.82, 2.24) is 24.9 Å². The third kappa shape index (κ3) is 6.04. The number of ether oxygens (including phenoxy) is 1. The number of nitrogens with zero attached hydrogens (tertiary/aromatic N) is 5. The van der Waals surface area contributed by atoms with Crippen LogP contribution < -0.4 is 10.2 Å². The van der Waals surface area contributed by atoms with Crippen molar-refractivity contribution in [2.45, 2.75) is 70.0 Å². The number of likely N-dealkylation sites (tertiary alicyclic amines) is 2. The monoisotopic (exact) mass is 540 g/mol. The summed E-state index contributed by atoms with van der Waals surface area (Å²) >= 11 is 0. The molecule has 2 aromatic rings. The van der Waals surface area contributed by atoms with E-state index in [0.29, 0.717) is 50.8 Å². The van der Waals surface area contributed by atoms with Crippen LogP contribution in [0.4, 0.5) is 15.4 Å². The SMILES string of the molecule is Cn1nc(N2CCC(=O)NC2=O)c2ccc(C3CCN(CC4(O)CCN(C(=O)OC(C)(C)C)CC4)CC3)cc21. The molecule has 0 saturated carbocycles. The number of aryl methyl sites for hydroxylation is 1. The number of carbonyl (C=O) groups is 3. The van der Waals surface area contributed by atoms with Crippen LogP contribution in [0, 0.1) is 0 Å². The van der Waals surface area contributed by atoms with E-state index in [2.05, 4.69) is 27.4 Å². The van der Waals surface area contributed by atoms with E-state index in [0.717, 1.165) is 36.8 Å². The average molecular weight is 541 g/mol. The van der Waals surface area contributed by atoms with Gasteiger partial charge >= 0.3 is 12.1 Å². The summed E-state index contributed by atoms with van der Waals surface area (Å²) in [6.45, 7) is 9.34.